The van der Waals surface area contributed by atoms with Crippen molar-refractivity contribution in [3.8, 4) is 0 Å². The van der Waals surface area contributed by atoms with E-state index in [1.807, 2.05) is 0 Å². The van der Waals surface area contributed by atoms with Crippen LogP contribution in [0, 0.1) is 7.05 Å². The Morgan fingerprint density at radius 1 is 1.36 bits per heavy atom. The summed E-state index contributed by atoms with van der Waals surface area (Å²) in [5.74, 6) is -0.0903. The van der Waals surface area contributed by atoms with Crippen LogP contribution in [0.25, 0.3) is 0 Å². The Hall–Kier alpha value is -1.10. The Labute approximate surface area is 83.0 Å². The minimum absolute atomic E-state index is 0.0903. The Morgan fingerprint density at radius 3 is 2.50 bits per heavy atom. The molecule has 0 radical (unpaired) electrons. The van der Waals surface area contributed by atoms with E-state index in [2.05, 4.69) is 12.4 Å². The zero-order valence-corrected chi connectivity index (χ0v) is 8.08. The van der Waals surface area contributed by atoms with Crippen LogP contribution in [-0.2, 0) is 4.79 Å². The fourth-order valence-electron chi connectivity index (χ4n) is 2.07. The van der Waals surface area contributed by atoms with Gasteiger partial charge in [0.2, 0.25) is 5.91 Å². The number of hydrogen-bond acceptors (Lipinski definition) is 2. The topological polar surface area (TPSA) is 53.9 Å². The lowest BCUT2D eigenvalue weighted by molar-refractivity contribution is -0.859. The summed E-state index contributed by atoms with van der Waals surface area (Å²) >= 11 is 0. The van der Waals surface area contributed by atoms with E-state index in [9.17, 15) is 9.59 Å². The lowest BCUT2D eigenvalue weighted by Gasteiger charge is -2.34. The quantitative estimate of drug-likeness (QED) is 0.392. The van der Waals surface area contributed by atoms with Gasteiger partial charge in [0, 0.05) is 12.8 Å². The molecule has 0 atom stereocenters. The smallest absolute Gasteiger partial charge is 0.324 e. The molecule has 0 aromatic heterocycles. The number of amides is 3. The van der Waals surface area contributed by atoms with E-state index in [4.69, 9.17) is 0 Å². The van der Waals surface area contributed by atoms with Gasteiger partial charge in [0.15, 0.2) is 0 Å². The summed E-state index contributed by atoms with van der Waals surface area (Å²) < 4.78 is 0. The fraction of sp³-hybridized carbons (Fsp3) is 0.667. The maximum Gasteiger partial charge on any atom is 0.324 e. The first-order chi connectivity index (χ1) is 6.68. The molecule has 2 saturated heterocycles. The van der Waals surface area contributed by atoms with Crippen molar-refractivity contribution in [3.63, 3.8) is 0 Å². The van der Waals surface area contributed by atoms with Crippen molar-refractivity contribution in [3.05, 3.63) is 7.05 Å². The van der Waals surface area contributed by atoms with Crippen LogP contribution in [-0.4, -0.2) is 42.5 Å². The molecule has 2 fully saturated rings. The highest BCUT2D eigenvalue weighted by atomic mass is 16.2. The number of likely N-dealkylation sites (tertiary alicyclic amines) is 1. The van der Waals surface area contributed by atoms with Crippen molar-refractivity contribution in [2.24, 2.45) is 0 Å². The Bertz CT molecular complexity index is 243. The SMILES string of the molecule is [CH2-][NH+]1CCC(N2C(=O)CNC2=O)CC1. The van der Waals surface area contributed by atoms with E-state index in [0.29, 0.717) is 0 Å². The van der Waals surface area contributed by atoms with Gasteiger partial charge in [-0.3, -0.25) is 9.69 Å². The van der Waals surface area contributed by atoms with Crippen LogP contribution < -0.4 is 10.2 Å². The summed E-state index contributed by atoms with van der Waals surface area (Å²) in [5, 5.41) is 2.54. The van der Waals surface area contributed by atoms with Crippen molar-refractivity contribution in [2.45, 2.75) is 18.9 Å². The summed E-state index contributed by atoms with van der Waals surface area (Å²) in [6.07, 6.45) is 1.75. The van der Waals surface area contributed by atoms with Crippen molar-refractivity contribution in [1.29, 1.82) is 0 Å². The van der Waals surface area contributed by atoms with Gasteiger partial charge in [-0.15, -0.1) is 0 Å². The number of nitrogens with zero attached hydrogens (tertiary/aromatic N) is 1. The van der Waals surface area contributed by atoms with E-state index in [-0.39, 0.29) is 24.5 Å². The first kappa shape index (κ1) is 9.45. The molecule has 3 amide bonds. The molecule has 5 nitrogen and oxygen atoms in total. The number of rotatable bonds is 1. The molecule has 0 aliphatic carbocycles. The number of hydrogen-bond donors (Lipinski definition) is 2. The van der Waals surface area contributed by atoms with Gasteiger partial charge >= 0.3 is 6.03 Å². The highest BCUT2D eigenvalue weighted by Crippen LogP contribution is 2.13. The molecule has 14 heavy (non-hydrogen) atoms. The molecule has 0 aromatic rings. The zero-order valence-electron chi connectivity index (χ0n) is 8.08. The number of urea groups is 1. The second-order valence-corrected chi connectivity index (χ2v) is 3.90. The minimum atomic E-state index is -0.229. The van der Waals surface area contributed by atoms with Gasteiger partial charge in [0.05, 0.1) is 25.7 Å². The fourth-order valence-corrected chi connectivity index (χ4v) is 2.07. The van der Waals surface area contributed by atoms with Crippen LogP contribution in [0.3, 0.4) is 0 Å². The van der Waals surface area contributed by atoms with Crippen LogP contribution in [0.5, 0.6) is 0 Å². The van der Waals surface area contributed by atoms with Crippen molar-refractivity contribution >= 4 is 11.9 Å². The van der Waals surface area contributed by atoms with Gasteiger partial charge in [-0.2, -0.15) is 7.05 Å². The molecule has 0 spiro atoms. The lowest BCUT2D eigenvalue weighted by atomic mass is 10.0. The largest absolute Gasteiger partial charge is 0.468 e. The molecule has 78 valence electrons. The van der Waals surface area contributed by atoms with Crippen molar-refractivity contribution in [1.82, 2.24) is 10.2 Å². The van der Waals surface area contributed by atoms with Crippen LogP contribution >= 0.6 is 0 Å². The Balaban J connectivity index is 2.00. The molecule has 2 aliphatic heterocycles. The molecule has 0 saturated carbocycles. The monoisotopic (exact) mass is 197 g/mol. The van der Waals surface area contributed by atoms with Crippen molar-refractivity contribution in [2.75, 3.05) is 19.6 Å². The van der Waals surface area contributed by atoms with Gasteiger partial charge < -0.3 is 10.2 Å². The van der Waals surface area contributed by atoms with Crippen LogP contribution in [0.15, 0.2) is 0 Å². The first-order valence-corrected chi connectivity index (χ1v) is 4.95. The molecular weight excluding hydrogens is 182 g/mol. The molecule has 0 aromatic carbocycles. The highest BCUT2D eigenvalue weighted by Gasteiger charge is 2.36. The molecule has 2 heterocycles. The summed E-state index contributed by atoms with van der Waals surface area (Å²) in [6.45, 7) is 2.03. The summed E-state index contributed by atoms with van der Waals surface area (Å²) in [4.78, 5) is 25.3. The predicted octanol–water partition coefficient (Wildman–Crippen LogP) is -1.62. The Morgan fingerprint density at radius 2 is 2.00 bits per heavy atom. The second-order valence-electron chi connectivity index (χ2n) is 3.90. The van der Waals surface area contributed by atoms with Crippen LogP contribution in [0.1, 0.15) is 12.8 Å². The van der Waals surface area contributed by atoms with Gasteiger partial charge in [0.25, 0.3) is 0 Å². The van der Waals surface area contributed by atoms with Crippen LogP contribution in [0.2, 0.25) is 0 Å². The first-order valence-electron chi connectivity index (χ1n) is 4.95. The normalized spacial score (nSPS) is 33.4. The average Bonchev–Trinajstić information content (AvgIpc) is 2.49. The number of quaternary nitrogens is 1. The Kier molecular flexibility index (Phi) is 2.41. The molecule has 5 heteroatoms. The van der Waals surface area contributed by atoms with Gasteiger partial charge in [-0.1, -0.05) is 0 Å². The third-order valence-electron chi connectivity index (χ3n) is 2.91. The average molecular weight is 197 g/mol. The molecule has 2 N–H and O–H groups in total. The number of carbonyl (C=O) groups excluding carboxylic acids is 2. The third-order valence-corrected chi connectivity index (χ3v) is 2.91. The standard InChI is InChI=1S/C9H15N3O2/c1-11-4-2-7(3-5-11)12-8(13)6-10-9(12)14/h7,11H,1-6H2,(H,10,14). The molecule has 0 bridgehead atoms. The molecular formula is C9H15N3O2. The lowest BCUT2D eigenvalue weighted by Crippen LogP contribution is -3.08. The van der Waals surface area contributed by atoms with Crippen molar-refractivity contribution < 1.29 is 14.5 Å². The number of carbonyl (C=O) groups is 2. The molecule has 0 unspecified atom stereocenters. The predicted molar refractivity (Wildman–Crippen MR) is 49.3 cm³/mol. The minimum Gasteiger partial charge on any atom is -0.468 e. The van der Waals surface area contributed by atoms with E-state index in [0.717, 1.165) is 25.9 Å². The van der Waals surface area contributed by atoms with E-state index in [1.165, 1.54) is 9.80 Å². The maximum atomic E-state index is 11.4. The summed E-state index contributed by atoms with van der Waals surface area (Å²) in [5.41, 5.74) is 0. The third kappa shape index (κ3) is 1.59. The van der Waals surface area contributed by atoms with Gasteiger partial charge in [-0.05, 0) is 0 Å². The number of piperidine rings is 1. The molecule has 2 aliphatic rings. The van der Waals surface area contributed by atoms with E-state index < -0.39 is 0 Å². The van der Waals surface area contributed by atoms with E-state index in [1.54, 1.807) is 0 Å². The van der Waals surface area contributed by atoms with Crippen LogP contribution in [0.4, 0.5) is 4.79 Å². The number of imide groups is 1. The second kappa shape index (κ2) is 3.57. The highest BCUT2D eigenvalue weighted by molar-refractivity contribution is 6.02. The maximum absolute atomic E-state index is 11.4. The number of nitrogens with one attached hydrogen (secondary N) is 2. The van der Waals surface area contributed by atoms with Gasteiger partial charge in [0.1, 0.15) is 0 Å². The summed E-state index contributed by atoms with van der Waals surface area (Å²) in [7, 11) is 3.91. The zero-order chi connectivity index (χ0) is 10.1. The molecule has 2 rings (SSSR count). The van der Waals surface area contributed by atoms with E-state index >= 15 is 0 Å². The van der Waals surface area contributed by atoms with Gasteiger partial charge in [-0.25, -0.2) is 4.79 Å². The summed E-state index contributed by atoms with van der Waals surface area (Å²) in [6, 6.07) is -0.136.